The predicted octanol–water partition coefficient (Wildman–Crippen LogP) is 7.62. The second-order valence-corrected chi connectivity index (χ2v) is 29.8. The Morgan fingerprint density at radius 1 is 0.544 bits per heavy atom. The number of piperazine rings is 2. The van der Waals surface area contributed by atoms with Crippen LogP contribution in [0.2, 0.25) is 0 Å². The number of allylic oxidation sites excluding steroid dienone is 2. The number of benzene rings is 6. The van der Waals surface area contributed by atoms with E-state index in [1.54, 1.807) is 77.5 Å². The molecule has 8 heterocycles. The first-order chi connectivity index (χ1) is 38.0. The summed E-state index contributed by atoms with van der Waals surface area (Å²) in [6.45, 7) is 0. The van der Waals surface area contributed by atoms with Gasteiger partial charge in [0.25, 0.3) is 43.7 Å². The maximum Gasteiger partial charge on any atom is 0.275 e. The van der Waals surface area contributed by atoms with Crippen molar-refractivity contribution in [1.29, 1.82) is 0 Å². The van der Waals surface area contributed by atoms with Crippen molar-refractivity contribution in [3.05, 3.63) is 203 Å². The molecule has 6 fully saturated rings. The van der Waals surface area contributed by atoms with Crippen LogP contribution in [0.4, 0.5) is 11.4 Å². The number of aliphatic hydroxyl groups excluding tert-OH is 1. The topological polar surface area (TPSA) is 176 Å². The second kappa shape index (κ2) is 17.5. The Labute approximate surface area is 473 Å². The van der Waals surface area contributed by atoms with E-state index in [9.17, 15) is 41.1 Å². The first-order valence-corrected chi connectivity index (χ1v) is 32.4. The summed E-state index contributed by atoms with van der Waals surface area (Å²) in [4.78, 5) is 58.9. The van der Waals surface area contributed by atoms with Crippen LogP contribution < -0.4 is 8.61 Å². The van der Waals surface area contributed by atoms with Crippen LogP contribution in [-0.4, -0.2) is 113 Å². The largest absolute Gasteiger partial charge is 0.365 e. The summed E-state index contributed by atoms with van der Waals surface area (Å²) in [5.41, 5.74) is 6.50. The SMILES string of the molecule is CN1C(=O)[C@@]2(S)C[C@]3(C4=CCc5ccccc54)c4ccccc4N(S(=O)(=O)c4ccccc4)[C@@H]3N2C(=O)[C@H]1O.CN1C(=O)[C@@]23C[C@]4(C5=CCc6ccccc65)c5ccccc5N(S(=O)(=O)c5ccccc5)[C@@H]4N2C(=O)[C@@H]1SSS3. The summed E-state index contributed by atoms with van der Waals surface area (Å²) in [5.74, 6) is -1.72. The molecule has 8 aliphatic heterocycles. The molecule has 2 bridgehead atoms. The van der Waals surface area contributed by atoms with Crippen LogP contribution >= 0.6 is 44.0 Å². The van der Waals surface area contributed by atoms with Crippen LogP contribution in [0.25, 0.3) is 11.1 Å². The van der Waals surface area contributed by atoms with Gasteiger partial charge in [0.05, 0.1) is 32.0 Å². The molecule has 400 valence electrons. The molecule has 2 aliphatic carbocycles. The zero-order valence-electron chi connectivity index (χ0n) is 42.2. The number of carbonyl (C=O) groups excluding carboxylic acids is 4. The van der Waals surface area contributed by atoms with Crippen LogP contribution in [0.5, 0.6) is 0 Å². The zero-order valence-corrected chi connectivity index (χ0v) is 47.2. The third-order valence-corrected chi connectivity index (χ3v) is 26.3. The first kappa shape index (κ1) is 50.7. The van der Waals surface area contributed by atoms with Crippen LogP contribution in [0, 0.1) is 0 Å². The molecule has 4 amide bonds. The summed E-state index contributed by atoms with van der Waals surface area (Å²) in [6, 6.07) is 47.2. The minimum atomic E-state index is -4.23. The number of anilines is 2. The zero-order chi connectivity index (χ0) is 54.8. The van der Waals surface area contributed by atoms with Gasteiger partial charge in [-0.3, -0.25) is 29.0 Å². The molecule has 0 radical (unpaired) electrons. The highest BCUT2D eigenvalue weighted by Gasteiger charge is 2.78. The fourth-order valence-electron chi connectivity index (χ4n) is 14.1. The number of sulfonamides is 2. The van der Waals surface area contributed by atoms with E-state index in [4.69, 9.17) is 12.6 Å². The molecular weight excluding hydrogens is 1120 g/mol. The third kappa shape index (κ3) is 6.51. The van der Waals surface area contributed by atoms with Crippen LogP contribution in [0.3, 0.4) is 0 Å². The Balaban J connectivity index is 0.000000143. The predicted molar refractivity (Wildman–Crippen MR) is 308 cm³/mol. The van der Waals surface area contributed by atoms with E-state index < -0.39 is 76.4 Å². The van der Waals surface area contributed by atoms with E-state index in [1.165, 1.54) is 64.1 Å². The molecular formula is C58H48N6O9S6. The first-order valence-electron chi connectivity index (χ1n) is 25.5. The Kier molecular flexibility index (Phi) is 11.3. The average Bonchev–Trinajstić information content (AvgIpc) is 2.02. The van der Waals surface area contributed by atoms with E-state index in [1.807, 2.05) is 72.8 Å². The Morgan fingerprint density at radius 3 is 1.53 bits per heavy atom. The van der Waals surface area contributed by atoms with Gasteiger partial charge in [-0.1, -0.05) is 133 Å². The summed E-state index contributed by atoms with van der Waals surface area (Å²) < 4.78 is 60.8. The summed E-state index contributed by atoms with van der Waals surface area (Å²) in [6.07, 6.45) is 2.03. The Hall–Kier alpha value is -6.46. The van der Waals surface area contributed by atoms with Gasteiger partial charge in [-0.05, 0) is 125 Å². The fourth-order valence-corrected chi connectivity index (χ4v) is 23.5. The quantitative estimate of drug-likeness (QED) is 0.124. The van der Waals surface area contributed by atoms with Crippen LogP contribution in [0.15, 0.2) is 180 Å². The number of hydrogen-bond donors (Lipinski definition) is 2. The number of nitrogens with zero attached hydrogens (tertiary/aromatic N) is 6. The molecule has 0 aromatic heterocycles. The average molecular weight is 1170 g/mol. The molecule has 21 heteroatoms. The second-order valence-electron chi connectivity index (χ2n) is 21.1. The monoisotopic (exact) mass is 1160 g/mol. The van der Waals surface area contributed by atoms with E-state index in [-0.39, 0.29) is 34.4 Å². The lowest BCUT2D eigenvalue weighted by Gasteiger charge is -2.47. The molecule has 79 heavy (non-hydrogen) atoms. The van der Waals surface area contributed by atoms with Crippen molar-refractivity contribution in [2.45, 2.75) is 80.0 Å². The number of likely N-dealkylation sites (N-methyl/N-ethyl adjacent to an activating group) is 2. The van der Waals surface area contributed by atoms with E-state index in [0.717, 1.165) is 43.9 Å². The van der Waals surface area contributed by atoms with E-state index in [0.29, 0.717) is 29.8 Å². The minimum absolute atomic E-state index is 0.0351. The molecule has 15 nitrogen and oxygen atoms in total. The van der Waals surface area contributed by atoms with E-state index >= 15 is 0 Å². The standard InChI is InChI=1S/C29H25N3O5S2.C29H23N3O4S4/c1-30-24(33)25(34)31-26-28(17-29(31,38)27(30)35,21-16-15-18-9-5-6-12-20(18)21)22-13-7-8-14-23(22)32(26)39(36,37)19-10-3-2-4-11-19;1-30-25-24(33)31-26-28(17-29(31,27(30)34)38-39-37-25,21-16-15-18-9-5-6-12-20(18)21)22-13-7-8-14-23(22)32(26)40(35,36)19-10-3-2-4-11-19/h2-14,16,24,26,33,38H,15,17H2,1H3;2-14,16,25-26H,15,17H2,1H3/t24-,26+,28+,29+;25-,26-,28-,29-/m10/s1. The van der Waals surface area contributed by atoms with Crippen molar-refractivity contribution in [3.8, 4) is 0 Å². The lowest BCUT2D eigenvalue weighted by molar-refractivity contribution is -0.175. The van der Waals surface area contributed by atoms with Crippen LogP contribution in [0.1, 0.15) is 46.2 Å². The summed E-state index contributed by atoms with van der Waals surface area (Å²) >= 11 is 4.85. The number of para-hydroxylation sites is 2. The maximum absolute atomic E-state index is 14.6. The smallest absolute Gasteiger partial charge is 0.275 e. The van der Waals surface area contributed by atoms with Gasteiger partial charge in [0.2, 0.25) is 6.23 Å². The normalized spacial score (nSPS) is 29.7. The van der Waals surface area contributed by atoms with Crippen molar-refractivity contribution in [3.63, 3.8) is 0 Å². The van der Waals surface area contributed by atoms with E-state index in [2.05, 4.69) is 24.3 Å². The van der Waals surface area contributed by atoms with Crippen LogP contribution in [-0.2, 0) is 62.9 Å². The number of amides is 4. The summed E-state index contributed by atoms with van der Waals surface area (Å²) in [5, 5.41) is 10.1. The van der Waals surface area contributed by atoms with Gasteiger partial charge < -0.3 is 14.9 Å². The third-order valence-electron chi connectivity index (χ3n) is 17.4. The van der Waals surface area contributed by atoms with Gasteiger partial charge in [-0.25, -0.2) is 25.4 Å². The Bertz CT molecular complexity index is 3980. The molecule has 10 aliphatic rings. The lowest BCUT2D eigenvalue weighted by atomic mass is 9.70. The molecule has 1 spiro atoms. The highest BCUT2D eigenvalue weighted by atomic mass is 33.5. The molecule has 0 saturated carbocycles. The van der Waals surface area contributed by atoms with Crippen molar-refractivity contribution >= 4 is 110 Å². The molecule has 16 rings (SSSR count). The number of carbonyl (C=O) groups is 4. The van der Waals surface area contributed by atoms with Gasteiger partial charge >= 0.3 is 0 Å². The minimum Gasteiger partial charge on any atom is -0.365 e. The van der Waals surface area contributed by atoms with Gasteiger partial charge in [0, 0.05) is 26.9 Å². The van der Waals surface area contributed by atoms with Gasteiger partial charge in [0.1, 0.15) is 12.3 Å². The van der Waals surface area contributed by atoms with Crippen molar-refractivity contribution in [1.82, 2.24) is 19.6 Å². The molecule has 6 aromatic rings. The molecule has 1 N–H and O–H groups in total. The number of rotatable bonds is 6. The fraction of sp³-hybridized carbons (Fsp3) is 0.241. The maximum atomic E-state index is 14.6. The van der Waals surface area contributed by atoms with Crippen molar-refractivity contribution < 1.29 is 41.1 Å². The Morgan fingerprint density at radius 2 is 1.00 bits per heavy atom. The number of thiol groups is 1. The van der Waals surface area contributed by atoms with Crippen molar-refractivity contribution in [2.24, 2.45) is 0 Å². The van der Waals surface area contributed by atoms with Crippen molar-refractivity contribution in [2.75, 3.05) is 22.7 Å². The van der Waals surface area contributed by atoms with Gasteiger partial charge in [-0.15, -0.1) is 12.6 Å². The number of hydrogen-bond acceptors (Lipinski definition) is 13. The molecule has 8 atom stereocenters. The lowest BCUT2D eigenvalue weighted by Crippen LogP contribution is -2.70. The molecule has 6 aromatic carbocycles. The number of aliphatic hydroxyl groups is 1. The van der Waals surface area contributed by atoms with Gasteiger partial charge in [0.15, 0.2) is 15.1 Å². The summed E-state index contributed by atoms with van der Waals surface area (Å²) in [7, 11) is -1.13. The van der Waals surface area contributed by atoms with Gasteiger partial charge in [-0.2, -0.15) is 0 Å². The highest BCUT2D eigenvalue weighted by molar-refractivity contribution is 9.10. The number of fused-ring (bicyclic) bond motifs is 13. The molecule has 0 unspecified atom stereocenters. The molecule has 6 saturated heterocycles. The highest BCUT2D eigenvalue weighted by Crippen LogP contribution is 2.72.